The summed E-state index contributed by atoms with van der Waals surface area (Å²) in [5, 5.41) is 16.7. The molecule has 0 atom stereocenters. The van der Waals surface area contributed by atoms with E-state index in [2.05, 4.69) is 0 Å². The van der Waals surface area contributed by atoms with Gasteiger partial charge in [-0.05, 0) is 6.16 Å². The fourth-order valence-corrected chi connectivity index (χ4v) is 0. The van der Waals surface area contributed by atoms with Gasteiger partial charge in [-0.15, -0.1) is 0 Å². The average Bonchev–Trinajstić information content (AvgIpc) is 0.811. The van der Waals surface area contributed by atoms with Crippen molar-refractivity contribution in [3.8, 4) is 0 Å². The van der Waals surface area contributed by atoms with Crippen molar-refractivity contribution in [3.05, 3.63) is 0 Å². The zero-order valence-electron chi connectivity index (χ0n) is 7.12. The van der Waals surface area contributed by atoms with Gasteiger partial charge in [0.05, 0.1) is 0 Å². The van der Waals surface area contributed by atoms with E-state index in [0.717, 1.165) is 0 Å². The van der Waals surface area contributed by atoms with Crippen LogP contribution < -0.4 is 161 Å². The maximum absolute atomic E-state index is 8.33. The predicted molar refractivity (Wildman–Crippen MR) is 12.9 cm³/mol. The third kappa shape index (κ3) is 125. The van der Waals surface area contributed by atoms with Gasteiger partial charge in [-0.25, -0.2) is 0 Å². The Labute approximate surface area is 183 Å². The molecule has 0 saturated heterocycles. The minimum Gasteiger partial charge on any atom is -0.870 e. The van der Waals surface area contributed by atoms with Gasteiger partial charge in [0.15, 0.2) is 0 Å². The van der Waals surface area contributed by atoms with Gasteiger partial charge < -0.3 is 31.4 Å². The van der Waals surface area contributed by atoms with Gasteiger partial charge in [0.2, 0.25) is 0 Å². The standard InChI is InChI=1S/CH2O3.2K.Li.Na.3H2O/c2-1(3)4;;;;;;;/h(H2,2,3,4);;;;;3*1H2/q;4*+1;;;/p-4. The van der Waals surface area contributed by atoms with E-state index in [-0.39, 0.29) is 168 Å². The molecule has 11 heavy (non-hydrogen) atoms. The Bertz CT molecular complexity index is 43.6. The first-order chi connectivity index (χ1) is 1.73. The number of hydrogen-bond donors (Lipinski definition) is 0. The van der Waals surface area contributed by atoms with Crippen LogP contribution in [0, 0.1) is 0 Å². The fourth-order valence-electron chi connectivity index (χ4n) is 0. The molecule has 0 aliphatic carbocycles. The van der Waals surface area contributed by atoms with Crippen LogP contribution in [0.4, 0.5) is 4.79 Å². The second kappa shape index (κ2) is 48.2. The van der Waals surface area contributed by atoms with Crippen molar-refractivity contribution in [2.24, 2.45) is 0 Å². The van der Waals surface area contributed by atoms with Gasteiger partial charge in [-0.1, -0.05) is 0 Å². The Morgan fingerprint density at radius 2 is 1.00 bits per heavy atom. The van der Waals surface area contributed by atoms with Crippen LogP contribution in [-0.2, 0) is 0 Å². The number of rotatable bonds is 0. The third-order valence-corrected chi connectivity index (χ3v) is 0. The van der Waals surface area contributed by atoms with Gasteiger partial charge in [-0.2, -0.15) is 0 Å². The van der Waals surface area contributed by atoms with E-state index in [1.54, 1.807) is 0 Å². The number of hydrogen-bond acceptors (Lipinski definition) is 5. The largest absolute Gasteiger partial charge is 1.00 e. The van der Waals surface area contributed by atoms with Crippen LogP contribution in [0.15, 0.2) is 0 Å². The minimum atomic E-state index is -2.33. The Morgan fingerprint density at radius 3 is 1.00 bits per heavy atom. The van der Waals surface area contributed by atoms with Crippen LogP contribution in [0.1, 0.15) is 0 Å². The molecule has 0 aliphatic rings. The molecule has 0 bridgehead atoms. The number of carbonyl (C=O) groups excluding carboxylic acids is 1. The van der Waals surface area contributed by atoms with Crippen LogP contribution in [0.3, 0.4) is 0 Å². The monoisotopic (exact) mass is 220 g/mol. The molecule has 4 N–H and O–H groups in total. The molecule has 0 unspecified atom stereocenters. The first-order valence-electron chi connectivity index (χ1n) is 0.612. The zero-order valence-corrected chi connectivity index (χ0v) is 15.4. The summed E-state index contributed by atoms with van der Waals surface area (Å²) in [4.78, 5) is 8.33. The normalized spacial score (nSPS) is 2.18. The molecule has 0 aliphatic heterocycles. The van der Waals surface area contributed by atoms with Crippen molar-refractivity contribution in [1.82, 2.24) is 0 Å². The van der Waals surface area contributed by atoms with Crippen LogP contribution >= 0.6 is 0 Å². The van der Waals surface area contributed by atoms with E-state index in [0.29, 0.717) is 0 Å². The van der Waals surface area contributed by atoms with E-state index in [1.165, 1.54) is 0 Å². The molecule has 0 heterocycles. The summed E-state index contributed by atoms with van der Waals surface area (Å²) in [6, 6.07) is 0. The molecule has 0 aromatic rings. The van der Waals surface area contributed by atoms with Crippen LogP contribution in [0.25, 0.3) is 0 Å². The molecule has 6 nitrogen and oxygen atoms in total. The predicted octanol–water partition coefficient (Wildman–Crippen LogP) is -15.6. The summed E-state index contributed by atoms with van der Waals surface area (Å²) < 4.78 is 0. The van der Waals surface area contributed by atoms with Crippen molar-refractivity contribution in [3.63, 3.8) is 0 Å². The van der Waals surface area contributed by atoms with Crippen LogP contribution in [0.2, 0.25) is 0 Å². The summed E-state index contributed by atoms with van der Waals surface area (Å²) >= 11 is 0. The second-order valence-electron chi connectivity index (χ2n) is 0.250. The summed E-state index contributed by atoms with van der Waals surface area (Å²) in [6.07, 6.45) is -2.33. The van der Waals surface area contributed by atoms with E-state index in [9.17, 15) is 0 Å². The molecular formula is CH4K2LiNaO6. The Morgan fingerprint density at radius 1 is 1.00 bits per heavy atom. The fraction of sp³-hybridized carbons (Fsp3) is 0. The topological polar surface area (TPSA) is 155 Å². The summed E-state index contributed by atoms with van der Waals surface area (Å²) in [5.74, 6) is 0. The quantitative estimate of drug-likeness (QED) is 0.370. The average molecular weight is 220 g/mol. The molecule has 0 radical (unpaired) electrons. The number of carboxylic acid groups (broad SMARTS) is 2. The zero-order chi connectivity index (χ0) is 3.58. The first-order valence-corrected chi connectivity index (χ1v) is 0.612. The molecular weight excluding hydrogens is 216 g/mol. The third-order valence-electron chi connectivity index (χ3n) is 0. The van der Waals surface area contributed by atoms with Crippen molar-refractivity contribution in [2.45, 2.75) is 0 Å². The van der Waals surface area contributed by atoms with E-state index in [1.807, 2.05) is 0 Å². The van der Waals surface area contributed by atoms with E-state index >= 15 is 0 Å². The van der Waals surface area contributed by atoms with Crippen molar-refractivity contribution in [2.75, 3.05) is 0 Å². The van der Waals surface area contributed by atoms with Gasteiger partial charge in [0.1, 0.15) is 0 Å². The Balaban J connectivity index is -0.00000000214. The molecule has 0 amide bonds. The van der Waals surface area contributed by atoms with E-state index < -0.39 is 6.16 Å². The smallest absolute Gasteiger partial charge is 0.870 e. The molecule has 0 fully saturated rings. The van der Waals surface area contributed by atoms with Gasteiger partial charge in [0.25, 0.3) is 0 Å². The molecule has 0 aromatic heterocycles. The Kier molecular flexibility index (Phi) is 263. The Hall–Kier alpha value is 4.02. The summed E-state index contributed by atoms with van der Waals surface area (Å²) in [6.45, 7) is 0. The van der Waals surface area contributed by atoms with E-state index in [4.69, 9.17) is 15.0 Å². The molecule has 0 aromatic carbocycles. The number of carbonyl (C=O) groups is 1. The first kappa shape index (κ1) is 59.9. The van der Waals surface area contributed by atoms with Gasteiger partial charge in [0, 0.05) is 0 Å². The molecule has 0 spiro atoms. The van der Waals surface area contributed by atoms with Crippen molar-refractivity contribution >= 4 is 6.16 Å². The molecule has 10 heteroatoms. The van der Waals surface area contributed by atoms with Crippen molar-refractivity contribution in [1.29, 1.82) is 0 Å². The molecule has 0 rings (SSSR count). The summed E-state index contributed by atoms with van der Waals surface area (Å²) in [5.41, 5.74) is 0. The maximum atomic E-state index is 8.33. The molecule has 0 saturated carbocycles. The minimum absolute atomic E-state index is 0. The SMILES string of the molecule is O.O=C([O-])[O-].[K+].[K+].[Li+].[Na+].[OH-].[OH-]. The summed E-state index contributed by atoms with van der Waals surface area (Å²) in [7, 11) is 0. The van der Waals surface area contributed by atoms with Crippen LogP contribution in [0.5, 0.6) is 0 Å². The van der Waals surface area contributed by atoms with Gasteiger partial charge >= 0.3 is 151 Å². The van der Waals surface area contributed by atoms with Crippen LogP contribution in [-0.4, -0.2) is 22.6 Å². The molecule has 48 valence electrons. The van der Waals surface area contributed by atoms with Crippen molar-refractivity contribution < 1.29 is 183 Å². The van der Waals surface area contributed by atoms with Gasteiger partial charge in [-0.3, -0.25) is 0 Å². The maximum Gasteiger partial charge on any atom is 1.00 e. The second-order valence-corrected chi connectivity index (χ2v) is 0.250.